The lowest BCUT2D eigenvalue weighted by Gasteiger charge is -2.37. The smallest absolute Gasteiger partial charge is 0.321 e. The minimum absolute atomic E-state index is 0.107. The van der Waals surface area contributed by atoms with Crippen molar-refractivity contribution < 1.29 is 19.1 Å². The molecule has 0 radical (unpaired) electrons. The van der Waals surface area contributed by atoms with Crippen LogP contribution in [0.3, 0.4) is 0 Å². The average molecular weight is 594 g/mol. The van der Waals surface area contributed by atoms with E-state index in [4.69, 9.17) is 19.7 Å². The Labute approximate surface area is 250 Å². The second kappa shape index (κ2) is 12.6. The monoisotopic (exact) mass is 593 g/mol. The number of fused-ring (bicyclic) bond motifs is 1. The number of piperidine rings is 2. The molecule has 0 unspecified atom stereocenters. The number of nitrogens with one attached hydrogen (secondary N) is 2. The van der Waals surface area contributed by atoms with Gasteiger partial charge in [-0.15, -0.1) is 0 Å². The van der Waals surface area contributed by atoms with E-state index in [-0.39, 0.29) is 23.8 Å². The van der Waals surface area contributed by atoms with Gasteiger partial charge in [0.05, 0.1) is 22.2 Å². The number of urea groups is 1. The van der Waals surface area contributed by atoms with Gasteiger partial charge in [0, 0.05) is 57.6 Å². The van der Waals surface area contributed by atoms with E-state index in [1.165, 1.54) is 16.9 Å². The lowest BCUT2D eigenvalue weighted by molar-refractivity contribution is -0.155. The van der Waals surface area contributed by atoms with Gasteiger partial charge in [0.2, 0.25) is 11.9 Å². The molecular weight excluding hydrogens is 554 g/mol. The number of hydrogen-bond acceptors (Lipinski definition) is 9. The summed E-state index contributed by atoms with van der Waals surface area (Å²) in [5.74, 6) is 0.883. The largest absolute Gasteiger partial charge is 0.466 e. The molecule has 0 aliphatic carbocycles. The summed E-state index contributed by atoms with van der Waals surface area (Å²) in [6.07, 6.45) is 6.79. The molecule has 4 heterocycles. The van der Waals surface area contributed by atoms with Crippen molar-refractivity contribution in [2.75, 3.05) is 49.5 Å². The molecule has 12 heteroatoms. The van der Waals surface area contributed by atoms with Gasteiger partial charge in [0.15, 0.2) is 5.13 Å². The molecule has 2 aliphatic heterocycles. The number of carbonyl (C=O) groups is 3. The number of anilines is 2. The quantitative estimate of drug-likeness (QED) is 0.374. The van der Waals surface area contributed by atoms with Crippen LogP contribution < -0.4 is 15.5 Å². The van der Waals surface area contributed by atoms with Gasteiger partial charge in [-0.2, -0.15) is 0 Å². The zero-order valence-electron chi connectivity index (χ0n) is 24.7. The summed E-state index contributed by atoms with van der Waals surface area (Å²) in [5.41, 5.74) is 3.35. The third-order valence-electron chi connectivity index (χ3n) is 8.35. The Kier molecular flexibility index (Phi) is 8.91. The zero-order valence-corrected chi connectivity index (χ0v) is 25.6. The van der Waals surface area contributed by atoms with Crippen LogP contribution in [0.15, 0.2) is 24.5 Å². The van der Waals surface area contributed by atoms with Crippen molar-refractivity contribution in [3.05, 3.63) is 30.1 Å². The Hall–Kier alpha value is -3.80. The van der Waals surface area contributed by atoms with E-state index in [9.17, 15) is 14.4 Å². The third-order valence-corrected chi connectivity index (χ3v) is 9.38. The number of esters is 1. The van der Waals surface area contributed by atoms with E-state index >= 15 is 0 Å². The van der Waals surface area contributed by atoms with E-state index in [0.29, 0.717) is 50.2 Å². The van der Waals surface area contributed by atoms with Crippen LogP contribution >= 0.6 is 11.3 Å². The van der Waals surface area contributed by atoms with Crippen molar-refractivity contribution in [1.29, 1.82) is 0 Å². The number of likely N-dealkylation sites (tertiary alicyclic amines) is 1. The number of ether oxygens (including phenoxy) is 1. The molecule has 2 aliphatic rings. The second-order valence-corrected chi connectivity index (χ2v) is 12.2. The predicted molar refractivity (Wildman–Crippen MR) is 164 cm³/mol. The summed E-state index contributed by atoms with van der Waals surface area (Å²) < 4.78 is 6.33. The first-order valence-electron chi connectivity index (χ1n) is 14.7. The Morgan fingerprint density at radius 3 is 2.36 bits per heavy atom. The van der Waals surface area contributed by atoms with E-state index in [2.05, 4.69) is 21.6 Å². The molecule has 5 rings (SSSR count). The van der Waals surface area contributed by atoms with Crippen LogP contribution in [-0.4, -0.2) is 77.1 Å². The topological polar surface area (TPSA) is 130 Å². The summed E-state index contributed by atoms with van der Waals surface area (Å²) in [7, 11) is 0. The van der Waals surface area contributed by atoms with Crippen LogP contribution in [0.25, 0.3) is 21.3 Å². The lowest BCUT2D eigenvalue weighted by atomic mass is 9.80. The highest BCUT2D eigenvalue weighted by molar-refractivity contribution is 7.22. The van der Waals surface area contributed by atoms with Crippen molar-refractivity contribution in [3.63, 3.8) is 0 Å². The summed E-state index contributed by atoms with van der Waals surface area (Å²) in [5, 5.41) is 6.15. The average Bonchev–Trinajstić information content (AvgIpc) is 3.39. The van der Waals surface area contributed by atoms with E-state index in [0.717, 1.165) is 47.3 Å². The molecule has 3 amide bonds. The maximum absolute atomic E-state index is 12.4. The van der Waals surface area contributed by atoms with Gasteiger partial charge in [0.1, 0.15) is 0 Å². The summed E-state index contributed by atoms with van der Waals surface area (Å²) >= 11 is 1.47. The van der Waals surface area contributed by atoms with Crippen LogP contribution in [0.4, 0.5) is 15.9 Å². The van der Waals surface area contributed by atoms with Crippen molar-refractivity contribution >= 4 is 50.5 Å². The van der Waals surface area contributed by atoms with Gasteiger partial charge in [-0.3, -0.25) is 14.9 Å². The molecule has 0 spiro atoms. The molecule has 2 saturated heterocycles. The molecule has 3 aromatic rings. The summed E-state index contributed by atoms with van der Waals surface area (Å²) in [4.78, 5) is 54.7. The SMILES string of the molecule is CCNC(=O)Nc1nc2cc(-c3cnc(N4CCC(C)(C(=O)OCC)CC4)nc3)cc(C3CCN(C(C)=O)CC3)c2s1. The Morgan fingerprint density at radius 2 is 1.74 bits per heavy atom. The van der Waals surface area contributed by atoms with Gasteiger partial charge in [-0.1, -0.05) is 11.3 Å². The predicted octanol–water partition coefficient (Wildman–Crippen LogP) is 4.79. The molecule has 1 aromatic carbocycles. The minimum Gasteiger partial charge on any atom is -0.466 e. The van der Waals surface area contributed by atoms with Crippen LogP contribution in [0.1, 0.15) is 64.9 Å². The first-order chi connectivity index (χ1) is 20.2. The number of aromatic nitrogens is 3. The molecule has 2 fully saturated rings. The molecular formula is C30H39N7O4S. The molecule has 11 nitrogen and oxygen atoms in total. The second-order valence-electron chi connectivity index (χ2n) is 11.2. The molecule has 42 heavy (non-hydrogen) atoms. The maximum Gasteiger partial charge on any atom is 0.321 e. The zero-order chi connectivity index (χ0) is 29.9. The van der Waals surface area contributed by atoms with E-state index < -0.39 is 5.41 Å². The molecule has 0 saturated carbocycles. The lowest BCUT2D eigenvalue weighted by Crippen LogP contribution is -2.44. The third kappa shape index (κ3) is 6.33. The number of nitrogens with zero attached hydrogens (tertiary/aromatic N) is 5. The van der Waals surface area contributed by atoms with Crippen LogP contribution in [0, 0.1) is 5.41 Å². The van der Waals surface area contributed by atoms with Gasteiger partial charge < -0.3 is 19.9 Å². The highest BCUT2D eigenvalue weighted by Gasteiger charge is 2.38. The first-order valence-corrected chi connectivity index (χ1v) is 15.5. The molecule has 224 valence electrons. The minimum atomic E-state index is -0.475. The number of amides is 3. The standard InChI is InChI=1S/C30H39N7O4S/c1-5-31-28(40)35-29-34-24-16-21(15-23(25(24)42-29)20-7-11-36(12-8-20)19(3)38)22-17-32-27(33-18-22)37-13-9-30(4,10-14-37)26(39)41-6-2/h15-18,20H,5-14H2,1-4H3,(H2,31,34,35,40). The summed E-state index contributed by atoms with van der Waals surface area (Å²) in [6.45, 7) is 11.0. The number of rotatable bonds is 7. The van der Waals surface area contributed by atoms with Crippen LogP contribution in [0.5, 0.6) is 0 Å². The highest BCUT2D eigenvalue weighted by Crippen LogP contribution is 2.40. The number of carbonyl (C=O) groups excluding carboxylic acids is 3. The van der Waals surface area contributed by atoms with Gasteiger partial charge in [-0.05, 0) is 75.6 Å². The van der Waals surface area contributed by atoms with E-state index in [1.54, 1.807) is 6.92 Å². The van der Waals surface area contributed by atoms with Crippen molar-refractivity contribution in [3.8, 4) is 11.1 Å². The van der Waals surface area contributed by atoms with Gasteiger partial charge in [-0.25, -0.2) is 19.7 Å². The Morgan fingerprint density at radius 1 is 1.05 bits per heavy atom. The molecule has 0 bridgehead atoms. The van der Waals surface area contributed by atoms with Crippen LogP contribution in [0.2, 0.25) is 0 Å². The fraction of sp³-hybridized carbons (Fsp3) is 0.533. The molecule has 0 atom stereocenters. The number of hydrogen-bond donors (Lipinski definition) is 2. The number of thiazole rings is 1. The van der Waals surface area contributed by atoms with Crippen molar-refractivity contribution in [2.45, 2.75) is 59.3 Å². The van der Waals surface area contributed by atoms with Crippen molar-refractivity contribution in [2.24, 2.45) is 5.41 Å². The van der Waals surface area contributed by atoms with Gasteiger partial charge in [0.25, 0.3) is 0 Å². The first kappa shape index (κ1) is 29.7. The Balaban J connectivity index is 1.39. The fourth-order valence-corrected chi connectivity index (χ4v) is 6.77. The summed E-state index contributed by atoms with van der Waals surface area (Å²) in [6, 6.07) is 3.93. The molecule has 2 N–H and O–H groups in total. The normalized spacial score (nSPS) is 17.2. The Bertz CT molecular complexity index is 1440. The van der Waals surface area contributed by atoms with Crippen molar-refractivity contribution in [1.82, 2.24) is 25.2 Å². The fourth-order valence-electron chi connectivity index (χ4n) is 5.73. The van der Waals surface area contributed by atoms with E-state index in [1.807, 2.05) is 44.1 Å². The molecule has 2 aromatic heterocycles. The van der Waals surface area contributed by atoms with Gasteiger partial charge >= 0.3 is 12.0 Å². The maximum atomic E-state index is 12.4. The van der Waals surface area contributed by atoms with Crippen LogP contribution in [-0.2, 0) is 14.3 Å². The highest BCUT2D eigenvalue weighted by atomic mass is 32.1. The number of benzene rings is 1.